The Balaban J connectivity index is 1.72. The van der Waals surface area contributed by atoms with Gasteiger partial charge in [0.15, 0.2) is 0 Å². The van der Waals surface area contributed by atoms with Gasteiger partial charge in [-0.05, 0) is 36.8 Å². The SMILES string of the molecule is Cc1nnc2sc3c(=O)n(-c4ccc(Cl)cc4)cnc3c2c1/C=C/c1ccccc1. The fourth-order valence-corrected chi connectivity index (χ4v) is 4.50. The van der Waals surface area contributed by atoms with Crippen LogP contribution in [0.2, 0.25) is 5.02 Å². The second kappa shape index (κ2) is 7.48. The summed E-state index contributed by atoms with van der Waals surface area (Å²) in [6.45, 7) is 1.91. The molecule has 0 aliphatic rings. The first-order chi connectivity index (χ1) is 14.6. The molecule has 5 aromatic rings. The van der Waals surface area contributed by atoms with Crippen LogP contribution in [0.4, 0.5) is 0 Å². The van der Waals surface area contributed by atoms with E-state index < -0.39 is 0 Å². The molecule has 5 nitrogen and oxygen atoms in total. The van der Waals surface area contributed by atoms with Crippen molar-refractivity contribution in [3.05, 3.63) is 93.1 Å². The Hall–Kier alpha value is -3.35. The second-order valence-electron chi connectivity index (χ2n) is 6.80. The molecule has 0 radical (unpaired) electrons. The molecule has 0 amide bonds. The Bertz CT molecular complexity index is 1470. The molecule has 0 aliphatic heterocycles. The van der Waals surface area contributed by atoms with E-state index in [2.05, 4.69) is 15.2 Å². The summed E-state index contributed by atoms with van der Waals surface area (Å²) >= 11 is 7.29. The lowest BCUT2D eigenvalue weighted by Gasteiger charge is -2.05. The number of aromatic nitrogens is 4. The zero-order chi connectivity index (χ0) is 20.7. The minimum absolute atomic E-state index is 0.138. The van der Waals surface area contributed by atoms with Crippen LogP contribution in [0.1, 0.15) is 16.8 Å². The van der Waals surface area contributed by atoms with Gasteiger partial charge in [-0.3, -0.25) is 9.36 Å². The minimum atomic E-state index is -0.138. The minimum Gasteiger partial charge on any atom is -0.267 e. The first-order valence-corrected chi connectivity index (χ1v) is 10.5. The number of halogens is 1. The van der Waals surface area contributed by atoms with Crippen molar-refractivity contribution in [2.24, 2.45) is 0 Å². The molecule has 0 spiro atoms. The van der Waals surface area contributed by atoms with Crippen LogP contribution >= 0.6 is 22.9 Å². The van der Waals surface area contributed by atoms with Crippen LogP contribution in [-0.2, 0) is 0 Å². The molecule has 0 saturated carbocycles. The van der Waals surface area contributed by atoms with E-state index in [1.165, 1.54) is 15.9 Å². The molecule has 0 bridgehead atoms. The third kappa shape index (κ3) is 3.20. The normalized spacial score (nSPS) is 11.7. The maximum absolute atomic E-state index is 13.2. The first-order valence-electron chi connectivity index (χ1n) is 9.28. The molecule has 0 unspecified atom stereocenters. The Labute approximate surface area is 180 Å². The molecule has 5 rings (SSSR count). The quantitative estimate of drug-likeness (QED) is 0.378. The van der Waals surface area contributed by atoms with Gasteiger partial charge in [0.05, 0.1) is 16.9 Å². The van der Waals surface area contributed by atoms with Crippen molar-refractivity contribution >= 4 is 55.5 Å². The lowest BCUT2D eigenvalue weighted by molar-refractivity contribution is 0.967. The smallest absolute Gasteiger partial charge is 0.267 e. The van der Waals surface area contributed by atoms with Gasteiger partial charge in [0.25, 0.3) is 5.56 Å². The zero-order valence-corrected chi connectivity index (χ0v) is 17.5. The standard InChI is InChI=1S/C23H15ClN4OS/c1-14-18(12-7-15-5-3-2-4-6-15)19-20-21(30-22(19)27-26-14)23(29)28(13-25-20)17-10-8-16(24)9-11-17/h2-13H,1H3/b12-7+. The summed E-state index contributed by atoms with van der Waals surface area (Å²) in [4.78, 5) is 18.5. The Morgan fingerprint density at radius 3 is 2.53 bits per heavy atom. The molecular formula is C23H15ClN4OS. The van der Waals surface area contributed by atoms with E-state index in [0.717, 1.165) is 22.2 Å². The highest BCUT2D eigenvalue weighted by Crippen LogP contribution is 2.33. The number of fused-ring (bicyclic) bond motifs is 3. The molecule has 0 atom stereocenters. The van der Waals surface area contributed by atoms with E-state index >= 15 is 0 Å². The second-order valence-corrected chi connectivity index (χ2v) is 8.23. The molecule has 146 valence electrons. The third-order valence-corrected chi connectivity index (χ3v) is 6.18. The number of hydrogen-bond donors (Lipinski definition) is 0. The summed E-state index contributed by atoms with van der Waals surface area (Å²) in [5, 5.41) is 10.1. The molecule has 0 fully saturated rings. The highest BCUT2D eigenvalue weighted by atomic mass is 35.5. The summed E-state index contributed by atoms with van der Waals surface area (Å²) in [5.41, 5.74) is 4.02. The molecule has 7 heteroatoms. The van der Waals surface area contributed by atoms with Crippen LogP contribution < -0.4 is 5.56 Å². The summed E-state index contributed by atoms with van der Waals surface area (Å²) in [5.74, 6) is 0. The molecule has 30 heavy (non-hydrogen) atoms. The Kier molecular flexibility index (Phi) is 4.65. The van der Waals surface area contributed by atoms with Gasteiger partial charge in [0.2, 0.25) is 0 Å². The molecule has 0 N–H and O–H groups in total. The van der Waals surface area contributed by atoms with E-state index in [1.54, 1.807) is 30.6 Å². The largest absolute Gasteiger partial charge is 0.275 e. The van der Waals surface area contributed by atoms with Crippen LogP contribution in [0, 0.1) is 6.92 Å². The van der Waals surface area contributed by atoms with E-state index in [0.29, 0.717) is 25.8 Å². The maximum Gasteiger partial charge on any atom is 0.275 e. The van der Waals surface area contributed by atoms with Crippen molar-refractivity contribution < 1.29 is 0 Å². The third-order valence-electron chi connectivity index (χ3n) is 4.88. The lowest BCUT2D eigenvalue weighted by Crippen LogP contribution is -2.17. The van der Waals surface area contributed by atoms with Crippen molar-refractivity contribution in [2.45, 2.75) is 6.92 Å². The lowest BCUT2D eigenvalue weighted by atomic mass is 10.1. The van der Waals surface area contributed by atoms with Crippen molar-refractivity contribution in [1.29, 1.82) is 0 Å². The van der Waals surface area contributed by atoms with Gasteiger partial charge in [0, 0.05) is 16.0 Å². The van der Waals surface area contributed by atoms with Crippen molar-refractivity contribution in [3.63, 3.8) is 0 Å². The summed E-state index contributed by atoms with van der Waals surface area (Å²) in [7, 11) is 0. The summed E-state index contributed by atoms with van der Waals surface area (Å²) < 4.78 is 2.07. The van der Waals surface area contributed by atoms with Gasteiger partial charge >= 0.3 is 0 Å². The van der Waals surface area contributed by atoms with E-state index in [1.807, 2.05) is 49.4 Å². The van der Waals surface area contributed by atoms with Crippen LogP contribution in [0.3, 0.4) is 0 Å². The topological polar surface area (TPSA) is 60.7 Å². The van der Waals surface area contributed by atoms with Crippen LogP contribution in [0.15, 0.2) is 65.7 Å². The van der Waals surface area contributed by atoms with E-state index in [4.69, 9.17) is 11.6 Å². The zero-order valence-electron chi connectivity index (χ0n) is 15.9. The average Bonchev–Trinajstić information content (AvgIpc) is 3.15. The van der Waals surface area contributed by atoms with Crippen LogP contribution in [0.5, 0.6) is 0 Å². The first kappa shape index (κ1) is 18.7. The number of thiophene rings is 1. The van der Waals surface area contributed by atoms with Crippen molar-refractivity contribution in [2.75, 3.05) is 0 Å². The predicted molar refractivity (Wildman–Crippen MR) is 123 cm³/mol. The van der Waals surface area contributed by atoms with Gasteiger partial charge in [-0.2, -0.15) is 5.10 Å². The number of hydrogen-bond acceptors (Lipinski definition) is 5. The van der Waals surface area contributed by atoms with Gasteiger partial charge in [-0.25, -0.2) is 4.98 Å². The number of aryl methyl sites for hydroxylation is 1. The van der Waals surface area contributed by atoms with Gasteiger partial charge in [-0.1, -0.05) is 54.1 Å². The van der Waals surface area contributed by atoms with Crippen molar-refractivity contribution in [1.82, 2.24) is 19.7 Å². The number of rotatable bonds is 3. The number of benzene rings is 2. The molecule has 3 aromatic heterocycles. The summed E-state index contributed by atoms with van der Waals surface area (Å²) in [6, 6.07) is 17.1. The molecule has 2 aromatic carbocycles. The fraction of sp³-hybridized carbons (Fsp3) is 0.0435. The highest BCUT2D eigenvalue weighted by molar-refractivity contribution is 7.25. The molecule has 0 saturated heterocycles. The highest BCUT2D eigenvalue weighted by Gasteiger charge is 2.17. The van der Waals surface area contributed by atoms with Crippen LogP contribution in [0.25, 0.3) is 38.3 Å². The van der Waals surface area contributed by atoms with Crippen molar-refractivity contribution in [3.8, 4) is 5.69 Å². The number of nitrogens with zero attached hydrogens (tertiary/aromatic N) is 4. The summed E-state index contributed by atoms with van der Waals surface area (Å²) in [6.07, 6.45) is 5.60. The molecular weight excluding hydrogens is 416 g/mol. The van der Waals surface area contributed by atoms with Gasteiger partial charge in [-0.15, -0.1) is 16.4 Å². The van der Waals surface area contributed by atoms with Gasteiger partial charge in [0.1, 0.15) is 15.9 Å². The van der Waals surface area contributed by atoms with E-state index in [9.17, 15) is 4.79 Å². The Morgan fingerprint density at radius 2 is 1.77 bits per heavy atom. The Morgan fingerprint density at radius 1 is 1.00 bits per heavy atom. The monoisotopic (exact) mass is 430 g/mol. The van der Waals surface area contributed by atoms with Gasteiger partial charge < -0.3 is 0 Å². The maximum atomic E-state index is 13.2. The average molecular weight is 431 g/mol. The van der Waals surface area contributed by atoms with Crippen LogP contribution in [-0.4, -0.2) is 19.7 Å². The molecule has 3 heterocycles. The molecule has 0 aliphatic carbocycles. The van der Waals surface area contributed by atoms with E-state index in [-0.39, 0.29) is 5.56 Å². The fourth-order valence-electron chi connectivity index (χ4n) is 3.36. The predicted octanol–water partition coefficient (Wildman–Crippen LogP) is 5.52.